The number of aromatic nitrogens is 2. The predicted molar refractivity (Wildman–Crippen MR) is 52.8 cm³/mol. The van der Waals surface area contributed by atoms with Gasteiger partial charge in [0.1, 0.15) is 0 Å². The van der Waals surface area contributed by atoms with Crippen LogP contribution in [0.15, 0.2) is 6.20 Å². The largest absolute Gasteiger partial charge is 0.317 e. The van der Waals surface area contributed by atoms with Crippen LogP contribution in [0.25, 0.3) is 0 Å². The highest BCUT2D eigenvalue weighted by molar-refractivity contribution is 5.20. The lowest BCUT2D eigenvalue weighted by Crippen LogP contribution is -2.27. The summed E-state index contributed by atoms with van der Waals surface area (Å²) in [6.07, 6.45) is 5.55. The molecule has 0 radical (unpaired) electrons. The molecule has 0 bridgehead atoms. The second-order valence-corrected chi connectivity index (χ2v) is 3.69. The summed E-state index contributed by atoms with van der Waals surface area (Å²) in [5.74, 6) is 0.707. The van der Waals surface area contributed by atoms with Gasteiger partial charge in [-0.25, -0.2) is 0 Å². The number of hydrogen-bond acceptors (Lipinski definition) is 2. The first kappa shape index (κ1) is 8.75. The van der Waals surface area contributed by atoms with Gasteiger partial charge in [0.05, 0.1) is 6.20 Å². The van der Waals surface area contributed by atoms with E-state index in [1.54, 1.807) is 0 Å². The number of nitrogens with zero attached hydrogens (tertiary/aromatic N) is 1. The molecule has 1 aliphatic heterocycles. The lowest BCUT2D eigenvalue weighted by atomic mass is 9.92. The van der Waals surface area contributed by atoms with E-state index >= 15 is 0 Å². The zero-order valence-corrected chi connectivity index (χ0v) is 8.14. The maximum Gasteiger partial charge on any atom is 0.0522 e. The van der Waals surface area contributed by atoms with E-state index in [2.05, 4.69) is 22.4 Å². The molecule has 1 aromatic heterocycles. The number of aryl methyl sites for hydroxylation is 1. The Kier molecular flexibility index (Phi) is 2.64. The van der Waals surface area contributed by atoms with Gasteiger partial charge >= 0.3 is 0 Å². The van der Waals surface area contributed by atoms with Gasteiger partial charge < -0.3 is 5.32 Å². The molecule has 0 unspecified atom stereocenters. The molecule has 1 saturated heterocycles. The van der Waals surface area contributed by atoms with Gasteiger partial charge in [0, 0.05) is 11.6 Å². The molecule has 2 heterocycles. The zero-order valence-electron chi connectivity index (χ0n) is 8.14. The predicted octanol–water partition coefficient (Wildman–Crippen LogP) is 1.44. The van der Waals surface area contributed by atoms with Crippen molar-refractivity contribution in [1.82, 2.24) is 15.5 Å². The topological polar surface area (TPSA) is 40.7 Å². The van der Waals surface area contributed by atoms with E-state index in [0.29, 0.717) is 5.92 Å². The third-order valence-corrected chi connectivity index (χ3v) is 2.88. The maximum atomic E-state index is 4.12. The number of aromatic amines is 1. The van der Waals surface area contributed by atoms with Crippen LogP contribution in [0, 0.1) is 0 Å². The third-order valence-electron chi connectivity index (χ3n) is 2.88. The molecule has 1 aliphatic rings. The number of nitrogens with one attached hydrogen (secondary N) is 2. The van der Waals surface area contributed by atoms with Crippen molar-refractivity contribution in [2.75, 3.05) is 13.1 Å². The number of rotatable bonds is 2. The monoisotopic (exact) mass is 179 g/mol. The van der Waals surface area contributed by atoms with Gasteiger partial charge in [0.2, 0.25) is 0 Å². The van der Waals surface area contributed by atoms with Crippen LogP contribution in [-0.4, -0.2) is 23.3 Å². The minimum absolute atomic E-state index is 0.707. The van der Waals surface area contributed by atoms with Crippen LogP contribution < -0.4 is 5.32 Å². The van der Waals surface area contributed by atoms with Gasteiger partial charge in [0.15, 0.2) is 0 Å². The van der Waals surface area contributed by atoms with E-state index in [-0.39, 0.29) is 0 Å². The second-order valence-electron chi connectivity index (χ2n) is 3.69. The molecule has 1 fully saturated rings. The molecule has 0 amide bonds. The van der Waals surface area contributed by atoms with Gasteiger partial charge in [-0.2, -0.15) is 5.10 Å². The smallest absolute Gasteiger partial charge is 0.0522 e. The molecular formula is C10H17N3. The van der Waals surface area contributed by atoms with E-state index in [0.717, 1.165) is 19.5 Å². The standard InChI is InChI=1S/C10H17N3/c1-2-8-7-12-13-10(8)9-3-5-11-6-4-9/h7,9,11H,2-6H2,1H3,(H,12,13). The highest BCUT2D eigenvalue weighted by atomic mass is 15.1. The summed E-state index contributed by atoms with van der Waals surface area (Å²) in [6, 6.07) is 0. The summed E-state index contributed by atoms with van der Waals surface area (Å²) in [7, 11) is 0. The van der Waals surface area contributed by atoms with E-state index in [9.17, 15) is 0 Å². The van der Waals surface area contributed by atoms with Crippen molar-refractivity contribution >= 4 is 0 Å². The van der Waals surface area contributed by atoms with Crippen LogP contribution in [-0.2, 0) is 6.42 Å². The van der Waals surface area contributed by atoms with E-state index < -0.39 is 0 Å². The van der Waals surface area contributed by atoms with Gasteiger partial charge in [-0.1, -0.05) is 6.92 Å². The molecule has 2 rings (SSSR count). The first-order chi connectivity index (χ1) is 6.42. The van der Waals surface area contributed by atoms with Crippen LogP contribution in [0.1, 0.15) is 36.9 Å². The van der Waals surface area contributed by atoms with E-state index in [1.807, 2.05) is 6.20 Å². The average Bonchev–Trinajstić information content (AvgIpc) is 2.67. The number of hydrogen-bond donors (Lipinski definition) is 2. The molecule has 3 nitrogen and oxygen atoms in total. The lowest BCUT2D eigenvalue weighted by Gasteiger charge is -2.22. The summed E-state index contributed by atoms with van der Waals surface area (Å²) < 4.78 is 0. The Labute approximate surface area is 78.9 Å². The molecule has 3 heteroatoms. The van der Waals surface area contributed by atoms with Crippen LogP contribution in [0.3, 0.4) is 0 Å². The molecule has 1 aromatic rings. The summed E-state index contributed by atoms with van der Waals surface area (Å²) >= 11 is 0. The Bertz CT molecular complexity index is 261. The van der Waals surface area contributed by atoms with Crippen LogP contribution in [0.5, 0.6) is 0 Å². The van der Waals surface area contributed by atoms with Crippen molar-refractivity contribution in [2.24, 2.45) is 0 Å². The second kappa shape index (κ2) is 3.92. The highest BCUT2D eigenvalue weighted by Crippen LogP contribution is 2.26. The fourth-order valence-electron chi connectivity index (χ4n) is 2.07. The molecule has 0 saturated carbocycles. The summed E-state index contributed by atoms with van der Waals surface area (Å²) in [5.41, 5.74) is 2.77. The minimum Gasteiger partial charge on any atom is -0.317 e. The van der Waals surface area contributed by atoms with Crippen molar-refractivity contribution in [1.29, 1.82) is 0 Å². The van der Waals surface area contributed by atoms with Gasteiger partial charge in [-0.3, -0.25) is 5.10 Å². The molecule has 72 valence electrons. The quantitative estimate of drug-likeness (QED) is 0.721. The molecule has 0 atom stereocenters. The molecule has 0 aromatic carbocycles. The van der Waals surface area contributed by atoms with Crippen molar-refractivity contribution < 1.29 is 0 Å². The van der Waals surface area contributed by atoms with Crippen LogP contribution in [0.2, 0.25) is 0 Å². The van der Waals surface area contributed by atoms with Crippen molar-refractivity contribution in [3.05, 3.63) is 17.5 Å². The summed E-state index contributed by atoms with van der Waals surface area (Å²) in [4.78, 5) is 0. The number of piperidine rings is 1. The van der Waals surface area contributed by atoms with Gasteiger partial charge in [-0.15, -0.1) is 0 Å². The Morgan fingerprint density at radius 3 is 2.92 bits per heavy atom. The number of H-pyrrole nitrogens is 1. The molecule has 0 spiro atoms. The molecule has 13 heavy (non-hydrogen) atoms. The zero-order chi connectivity index (χ0) is 9.10. The fraction of sp³-hybridized carbons (Fsp3) is 0.700. The SMILES string of the molecule is CCc1cn[nH]c1C1CCNCC1. The Balaban J connectivity index is 2.13. The molecular weight excluding hydrogens is 162 g/mol. The maximum absolute atomic E-state index is 4.12. The van der Waals surface area contributed by atoms with Crippen molar-refractivity contribution in [3.63, 3.8) is 0 Å². The van der Waals surface area contributed by atoms with Crippen molar-refractivity contribution in [2.45, 2.75) is 32.1 Å². The van der Waals surface area contributed by atoms with E-state index in [4.69, 9.17) is 0 Å². The Hall–Kier alpha value is -0.830. The first-order valence-corrected chi connectivity index (χ1v) is 5.14. The third kappa shape index (κ3) is 1.75. The summed E-state index contributed by atoms with van der Waals surface area (Å²) in [6.45, 7) is 4.48. The normalized spacial score (nSPS) is 19.2. The fourth-order valence-corrected chi connectivity index (χ4v) is 2.07. The van der Waals surface area contributed by atoms with Gasteiger partial charge in [-0.05, 0) is 37.9 Å². The van der Waals surface area contributed by atoms with Crippen molar-refractivity contribution in [3.8, 4) is 0 Å². The first-order valence-electron chi connectivity index (χ1n) is 5.14. The Morgan fingerprint density at radius 1 is 1.46 bits per heavy atom. The van der Waals surface area contributed by atoms with E-state index in [1.165, 1.54) is 24.1 Å². The van der Waals surface area contributed by atoms with Crippen LogP contribution >= 0.6 is 0 Å². The van der Waals surface area contributed by atoms with Crippen LogP contribution in [0.4, 0.5) is 0 Å². The molecule has 2 N–H and O–H groups in total. The minimum atomic E-state index is 0.707. The Morgan fingerprint density at radius 2 is 2.23 bits per heavy atom. The average molecular weight is 179 g/mol. The summed E-state index contributed by atoms with van der Waals surface area (Å²) in [5, 5.41) is 10.7. The van der Waals surface area contributed by atoms with Gasteiger partial charge in [0.25, 0.3) is 0 Å². The molecule has 0 aliphatic carbocycles. The highest BCUT2D eigenvalue weighted by Gasteiger charge is 2.18. The lowest BCUT2D eigenvalue weighted by molar-refractivity contribution is 0.451.